The van der Waals surface area contributed by atoms with Gasteiger partial charge in [0.05, 0.1) is 0 Å². The van der Waals surface area contributed by atoms with E-state index in [0.29, 0.717) is 5.92 Å². The Morgan fingerprint density at radius 2 is 2.00 bits per heavy atom. The van der Waals surface area contributed by atoms with Crippen molar-refractivity contribution in [2.45, 2.75) is 33.6 Å². The van der Waals surface area contributed by atoms with Gasteiger partial charge in [0.15, 0.2) is 0 Å². The van der Waals surface area contributed by atoms with Gasteiger partial charge in [0.25, 0.3) is 0 Å². The van der Waals surface area contributed by atoms with E-state index in [4.69, 9.17) is 5.11 Å². The maximum absolute atomic E-state index is 10.4. The second-order valence-electron chi connectivity index (χ2n) is 3.36. The van der Waals surface area contributed by atoms with Crippen LogP contribution < -0.4 is 0 Å². The van der Waals surface area contributed by atoms with Gasteiger partial charge >= 0.3 is 5.97 Å². The summed E-state index contributed by atoms with van der Waals surface area (Å²) >= 11 is 0. The molecule has 0 saturated carbocycles. The zero-order chi connectivity index (χ0) is 9.56. The van der Waals surface area contributed by atoms with Gasteiger partial charge in [0.2, 0.25) is 0 Å². The molecule has 2 atom stereocenters. The van der Waals surface area contributed by atoms with Crippen LogP contribution in [0.15, 0.2) is 12.2 Å². The molecule has 0 aromatic rings. The minimum atomic E-state index is -0.699. The first-order valence-corrected chi connectivity index (χ1v) is 4.40. The number of carboxylic acids is 1. The lowest BCUT2D eigenvalue weighted by Gasteiger charge is -2.15. The van der Waals surface area contributed by atoms with Gasteiger partial charge in [-0.1, -0.05) is 26.0 Å². The van der Waals surface area contributed by atoms with Crippen LogP contribution >= 0.6 is 0 Å². The van der Waals surface area contributed by atoms with Crippen LogP contribution in [0.3, 0.4) is 0 Å². The van der Waals surface area contributed by atoms with Crippen LogP contribution in [0.4, 0.5) is 0 Å². The summed E-state index contributed by atoms with van der Waals surface area (Å²) in [6.07, 6.45) is 5.34. The van der Waals surface area contributed by atoms with Crippen molar-refractivity contribution < 1.29 is 9.90 Å². The molecule has 0 saturated heterocycles. The Kier molecular flexibility index (Phi) is 5.43. The Hall–Kier alpha value is -0.790. The predicted octanol–water partition coefficient (Wildman–Crippen LogP) is 2.70. The molecule has 0 spiro atoms. The molecule has 1 N–H and O–H groups in total. The molecule has 2 heteroatoms. The summed E-state index contributed by atoms with van der Waals surface area (Å²) in [6, 6.07) is 0. The van der Waals surface area contributed by atoms with E-state index < -0.39 is 5.97 Å². The summed E-state index contributed by atoms with van der Waals surface area (Å²) < 4.78 is 0. The van der Waals surface area contributed by atoms with Crippen molar-refractivity contribution in [1.29, 1.82) is 0 Å². The summed E-state index contributed by atoms with van der Waals surface area (Å²) in [5, 5.41) is 8.54. The average molecular weight is 170 g/mol. The van der Waals surface area contributed by atoms with Crippen LogP contribution in [0.5, 0.6) is 0 Å². The van der Waals surface area contributed by atoms with Gasteiger partial charge < -0.3 is 5.11 Å². The summed E-state index contributed by atoms with van der Waals surface area (Å²) in [4.78, 5) is 10.4. The van der Waals surface area contributed by atoms with Crippen LogP contribution in [-0.4, -0.2) is 11.1 Å². The van der Waals surface area contributed by atoms with Gasteiger partial charge in [0.1, 0.15) is 0 Å². The number of hydrogen-bond donors (Lipinski definition) is 1. The summed E-state index contributed by atoms with van der Waals surface area (Å²) in [5.41, 5.74) is 0. The van der Waals surface area contributed by atoms with E-state index in [1.807, 2.05) is 19.9 Å². The molecule has 0 aliphatic heterocycles. The van der Waals surface area contributed by atoms with Crippen molar-refractivity contribution in [2.24, 2.45) is 11.8 Å². The predicted molar refractivity (Wildman–Crippen MR) is 50.0 cm³/mol. The molecule has 0 bridgehead atoms. The van der Waals surface area contributed by atoms with E-state index in [1.54, 1.807) is 0 Å². The minimum absolute atomic E-state index is 0.263. The van der Waals surface area contributed by atoms with E-state index >= 15 is 0 Å². The fraction of sp³-hybridized carbons (Fsp3) is 0.700. The highest BCUT2D eigenvalue weighted by atomic mass is 16.4. The van der Waals surface area contributed by atoms with Gasteiger partial charge in [0, 0.05) is 6.42 Å². The Balaban J connectivity index is 3.75. The standard InChI is InChI=1S/C10H18O2/c1-4-5-6-8(2)9(3)7-10(11)12/h4-5,8-9H,6-7H2,1-3H3,(H,11,12). The highest BCUT2D eigenvalue weighted by molar-refractivity contribution is 5.66. The minimum Gasteiger partial charge on any atom is -0.481 e. The van der Waals surface area contributed by atoms with Crippen molar-refractivity contribution in [3.8, 4) is 0 Å². The van der Waals surface area contributed by atoms with Crippen molar-refractivity contribution in [3.05, 3.63) is 12.2 Å². The summed E-state index contributed by atoms with van der Waals surface area (Å²) in [5.74, 6) is 0.0193. The molecule has 2 nitrogen and oxygen atoms in total. The zero-order valence-corrected chi connectivity index (χ0v) is 8.08. The molecule has 0 aromatic heterocycles. The molecular formula is C10H18O2. The number of hydrogen-bond acceptors (Lipinski definition) is 1. The monoisotopic (exact) mass is 170 g/mol. The number of carboxylic acid groups (broad SMARTS) is 1. The highest BCUT2D eigenvalue weighted by Gasteiger charge is 2.13. The fourth-order valence-corrected chi connectivity index (χ4v) is 1.06. The SMILES string of the molecule is CC=CCC(C)C(C)CC(=O)O. The lowest BCUT2D eigenvalue weighted by atomic mass is 9.90. The quantitative estimate of drug-likeness (QED) is 0.644. The van der Waals surface area contributed by atoms with E-state index in [9.17, 15) is 4.79 Å². The smallest absolute Gasteiger partial charge is 0.303 e. The molecule has 0 radical (unpaired) electrons. The van der Waals surface area contributed by atoms with E-state index in [2.05, 4.69) is 13.0 Å². The normalized spacial score (nSPS) is 16.2. The van der Waals surface area contributed by atoms with E-state index in [1.165, 1.54) is 0 Å². The lowest BCUT2D eigenvalue weighted by Crippen LogP contribution is -2.12. The molecule has 12 heavy (non-hydrogen) atoms. The van der Waals surface area contributed by atoms with Crippen molar-refractivity contribution >= 4 is 5.97 Å². The molecule has 0 rings (SSSR count). The van der Waals surface area contributed by atoms with Crippen molar-refractivity contribution in [1.82, 2.24) is 0 Å². The third-order valence-corrected chi connectivity index (χ3v) is 2.21. The molecule has 0 heterocycles. The molecule has 70 valence electrons. The Bertz CT molecular complexity index is 161. The maximum atomic E-state index is 10.4. The van der Waals surface area contributed by atoms with Gasteiger partial charge in [-0.25, -0.2) is 0 Å². The van der Waals surface area contributed by atoms with E-state index in [0.717, 1.165) is 6.42 Å². The molecule has 0 fully saturated rings. The lowest BCUT2D eigenvalue weighted by molar-refractivity contribution is -0.138. The molecule has 0 aromatic carbocycles. The van der Waals surface area contributed by atoms with Gasteiger partial charge in [-0.15, -0.1) is 0 Å². The van der Waals surface area contributed by atoms with Crippen molar-refractivity contribution in [3.63, 3.8) is 0 Å². The molecule has 0 aliphatic rings. The first-order valence-electron chi connectivity index (χ1n) is 4.40. The van der Waals surface area contributed by atoms with Crippen LogP contribution in [0.2, 0.25) is 0 Å². The van der Waals surface area contributed by atoms with Crippen LogP contribution in [-0.2, 0) is 4.79 Å². The van der Waals surface area contributed by atoms with Crippen LogP contribution in [0.25, 0.3) is 0 Å². The van der Waals surface area contributed by atoms with Gasteiger partial charge in [-0.3, -0.25) is 4.79 Å². The van der Waals surface area contributed by atoms with Crippen molar-refractivity contribution in [2.75, 3.05) is 0 Å². The maximum Gasteiger partial charge on any atom is 0.303 e. The van der Waals surface area contributed by atoms with Gasteiger partial charge in [-0.05, 0) is 25.2 Å². The van der Waals surface area contributed by atoms with Crippen LogP contribution in [0, 0.1) is 11.8 Å². The second kappa shape index (κ2) is 5.81. The summed E-state index contributed by atoms with van der Waals surface area (Å²) in [7, 11) is 0. The number of aliphatic carboxylic acids is 1. The molecular weight excluding hydrogens is 152 g/mol. The summed E-state index contributed by atoms with van der Waals surface area (Å²) in [6.45, 7) is 6.06. The Labute approximate surface area is 74.3 Å². The third-order valence-electron chi connectivity index (χ3n) is 2.21. The Morgan fingerprint density at radius 1 is 1.42 bits per heavy atom. The highest BCUT2D eigenvalue weighted by Crippen LogP contribution is 2.18. The average Bonchev–Trinajstić information content (AvgIpc) is 1.98. The first kappa shape index (κ1) is 11.2. The second-order valence-corrected chi connectivity index (χ2v) is 3.36. The third kappa shape index (κ3) is 4.94. The van der Waals surface area contributed by atoms with Gasteiger partial charge in [-0.2, -0.15) is 0 Å². The molecule has 0 aliphatic carbocycles. The first-order chi connectivity index (χ1) is 5.57. The molecule has 0 amide bonds. The largest absolute Gasteiger partial charge is 0.481 e. The number of allylic oxidation sites excluding steroid dienone is 2. The number of carbonyl (C=O) groups is 1. The van der Waals surface area contributed by atoms with Crippen LogP contribution in [0.1, 0.15) is 33.6 Å². The zero-order valence-electron chi connectivity index (χ0n) is 8.08. The number of rotatable bonds is 5. The van der Waals surface area contributed by atoms with E-state index in [-0.39, 0.29) is 12.3 Å². The topological polar surface area (TPSA) is 37.3 Å². The molecule has 2 unspecified atom stereocenters. The Morgan fingerprint density at radius 3 is 2.42 bits per heavy atom. The fourth-order valence-electron chi connectivity index (χ4n) is 1.06.